The standard InChI is InChI=1S/C22H24ClN3O/c1-25-13-4-5-18(12-14-25)26-22(27)20-7-3-2-6-19(20)21(24-26)15-16-8-10-17(23)11-9-16/h2-3,6-11,18H,4-5,12-15H2,1H3/p+1. The summed E-state index contributed by atoms with van der Waals surface area (Å²) in [6, 6.07) is 15.9. The lowest BCUT2D eigenvalue weighted by atomic mass is 10.0. The van der Waals surface area contributed by atoms with Crippen LogP contribution in [0.2, 0.25) is 5.02 Å². The first-order valence-electron chi connectivity index (χ1n) is 9.68. The molecule has 0 amide bonds. The molecule has 4 nitrogen and oxygen atoms in total. The van der Waals surface area contributed by atoms with Gasteiger partial charge in [-0.1, -0.05) is 41.9 Å². The maximum Gasteiger partial charge on any atom is 0.274 e. The molecule has 2 atom stereocenters. The second-order valence-corrected chi connectivity index (χ2v) is 8.02. The lowest BCUT2D eigenvalue weighted by Gasteiger charge is -2.18. The minimum absolute atomic E-state index is 0.0370. The first kappa shape index (κ1) is 18.2. The predicted octanol–water partition coefficient (Wildman–Crippen LogP) is 2.88. The number of nitrogens with zero attached hydrogens (tertiary/aromatic N) is 2. The van der Waals surface area contributed by atoms with E-state index >= 15 is 0 Å². The Bertz CT molecular complexity index is 997. The molecule has 2 aromatic carbocycles. The molecule has 1 aliphatic heterocycles. The van der Waals surface area contributed by atoms with Gasteiger partial charge in [0, 0.05) is 23.3 Å². The fourth-order valence-electron chi connectivity index (χ4n) is 4.01. The highest BCUT2D eigenvalue weighted by Crippen LogP contribution is 2.22. The van der Waals surface area contributed by atoms with E-state index in [0.717, 1.165) is 59.4 Å². The normalized spacial score (nSPS) is 20.5. The van der Waals surface area contributed by atoms with Crippen LogP contribution >= 0.6 is 11.6 Å². The van der Waals surface area contributed by atoms with Crippen molar-refractivity contribution in [2.75, 3.05) is 20.1 Å². The van der Waals surface area contributed by atoms with Gasteiger partial charge < -0.3 is 4.90 Å². The molecule has 1 saturated heterocycles. The minimum Gasteiger partial charge on any atom is -0.337 e. The van der Waals surface area contributed by atoms with Gasteiger partial charge in [-0.3, -0.25) is 4.79 Å². The fourth-order valence-corrected chi connectivity index (χ4v) is 4.14. The number of rotatable bonds is 3. The van der Waals surface area contributed by atoms with Gasteiger partial charge in [-0.05, 0) is 36.6 Å². The summed E-state index contributed by atoms with van der Waals surface area (Å²) >= 11 is 6.02. The zero-order valence-electron chi connectivity index (χ0n) is 15.6. The van der Waals surface area contributed by atoms with Gasteiger partial charge in [-0.25, -0.2) is 4.68 Å². The number of hydrogen-bond donors (Lipinski definition) is 1. The molecule has 2 unspecified atom stereocenters. The number of nitrogens with one attached hydrogen (secondary N) is 1. The molecule has 1 aromatic heterocycles. The van der Waals surface area contributed by atoms with Crippen molar-refractivity contribution < 1.29 is 4.90 Å². The summed E-state index contributed by atoms with van der Waals surface area (Å²) < 4.78 is 1.77. The van der Waals surface area contributed by atoms with Crippen LogP contribution in [0.4, 0.5) is 0 Å². The Balaban J connectivity index is 1.79. The van der Waals surface area contributed by atoms with Gasteiger partial charge in [0.25, 0.3) is 5.56 Å². The van der Waals surface area contributed by atoms with Crippen LogP contribution in [0, 0.1) is 0 Å². The highest BCUT2D eigenvalue weighted by molar-refractivity contribution is 6.30. The van der Waals surface area contributed by atoms with Crippen LogP contribution in [0.15, 0.2) is 53.3 Å². The number of benzene rings is 2. The van der Waals surface area contributed by atoms with Crippen LogP contribution in [0.5, 0.6) is 0 Å². The Kier molecular flexibility index (Phi) is 5.28. The van der Waals surface area contributed by atoms with Gasteiger partial charge in [0.1, 0.15) is 0 Å². The van der Waals surface area contributed by atoms with E-state index in [1.807, 2.05) is 48.5 Å². The van der Waals surface area contributed by atoms with Crippen molar-refractivity contribution >= 4 is 22.4 Å². The number of aromatic nitrogens is 2. The van der Waals surface area contributed by atoms with Crippen LogP contribution < -0.4 is 10.5 Å². The van der Waals surface area contributed by atoms with Gasteiger partial charge in [0.2, 0.25) is 0 Å². The number of halogens is 1. The summed E-state index contributed by atoms with van der Waals surface area (Å²) in [4.78, 5) is 14.7. The van der Waals surface area contributed by atoms with Crippen LogP contribution in [-0.4, -0.2) is 29.9 Å². The lowest BCUT2D eigenvalue weighted by molar-refractivity contribution is -0.878. The Morgan fingerprint density at radius 1 is 1.07 bits per heavy atom. The van der Waals surface area contributed by atoms with Crippen molar-refractivity contribution in [3.63, 3.8) is 0 Å². The Hall–Kier alpha value is -2.17. The van der Waals surface area contributed by atoms with Crippen molar-refractivity contribution in [3.05, 3.63) is 75.2 Å². The van der Waals surface area contributed by atoms with E-state index in [4.69, 9.17) is 16.7 Å². The van der Waals surface area contributed by atoms with Gasteiger partial charge in [0.15, 0.2) is 0 Å². The maximum absolute atomic E-state index is 13.1. The highest BCUT2D eigenvalue weighted by Gasteiger charge is 2.22. The smallest absolute Gasteiger partial charge is 0.274 e. The second kappa shape index (κ2) is 7.83. The molecule has 5 heteroatoms. The summed E-state index contributed by atoms with van der Waals surface area (Å²) in [5.41, 5.74) is 2.14. The average Bonchev–Trinajstić information content (AvgIpc) is 2.90. The zero-order valence-corrected chi connectivity index (χ0v) is 16.4. The number of likely N-dealkylation sites (tertiary alicyclic amines) is 1. The molecule has 0 radical (unpaired) electrons. The van der Waals surface area contributed by atoms with Gasteiger partial charge in [0.05, 0.1) is 37.3 Å². The molecule has 140 valence electrons. The third kappa shape index (κ3) is 3.92. The predicted molar refractivity (Wildman–Crippen MR) is 110 cm³/mol. The number of quaternary nitrogens is 1. The Morgan fingerprint density at radius 3 is 2.59 bits per heavy atom. The largest absolute Gasteiger partial charge is 0.337 e. The Morgan fingerprint density at radius 2 is 1.81 bits per heavy atom. The van der Waals surface area contributed by atoms with Gasteiger partial charge in [-0.15, -0.1) is 0 Å². The minimum atomic E-state index is 0.0370. The highest BCUT2D eigenvalue weighted by atomic mass is 35.5. The Labute approximate surface area is 164 Å². The molecule has 0 saturated carbocycles. The molecule has 0 aliphatic carbocycles. The van der Waals surface area contributed by atoms with Crippen molar-refractivity contribution in [2.24, 2.45) is 0 Å². The molecule has 27 heavy (non-hydrogen) atoms. The monoisotopic (exact) mass is 382 g/mol. The average molecular weight is 383 g/mol. The summed E-state index contributed by atoms with van der Waals surface area (Å²) in [6.45, 7) is 2.24. The van der Waals surface area contributed by atoms with E-state index in [-0.39, 0.29) is 11.6 Å². The molecule has 1 N–H and O–H groups in total. The maximum atomic E-state index is 13.1. The first-order chi connectivity index (χ1) is 13.1. The molecule has 3 aromatic rings. The van der Waals surface area contributed by atoms with Crippen molar-refractivity contribution in [1.82, 2.24) is 9.78 Å². The molecule has 1 aliphatic rings. The van der Waals surface area contributed by atoms with Gasteiger partial charge in [-0.2, -0.15) is 5.10 Å². The van der Waals surface area contributed by atoms with Crippen molar-refractivity contribution in [2.45, 2.75) is 31.7 Å². The van der Waals surface area contributed by atoms with Crippen molar-refractivity contribution in [1.29, 1.82) is 0 Å². The van der Waals surface area contributed by atoms with Crippen LogP contribution in [0.3, 0.4) is 0 Å². The van der Waals surface area contributed by atoms with Crippen molar-refractivity contribution in [3.8, 4) is 0 Å². The first-order valence-corrected chi connectivity index (χ1v) is 10.1. The molecule has 2 heterocycles. The van der Waals surface area contributed by atoms with E-state index in [2.05, 4.69) is 7.05 Å². The number of fused-ring (bicyclic) bond motifs is 1. The third-order valence-corrected chi connectivity index (χ3v) is 5.83. The quantitative estimate of drug-likeness (QED) is 0.756. The molecule has 1 fully saturated rings. The van der Waals surface area contributed by atoms with Gasteiger partial charge >= 0.3 is 0 Å². The van der Waals surface area contributed by atoms with Crippen LogP contribution in [-0.2, 0) is 6.42 Å². The topological polar surface area (TPSA) is 39.3 Å². The molecule has 4 rings (SSSR count). The summed E-state index contributed by atoms with van der Waals surface area (Å²) in [5, 5.41) is 7.31. The van der Waals surface area contributed by atoms with Crippen LogP contribution in [0.1, 0.15) is 36.6 Å². The fraction of sp³-hybridized carbons (Fsp3) is 0.364. The molecular formula is C22H25ClN3O+. The SMILES string of the molecule is C[NH+]1CCCC(n2nc(Cc3ccc(Cl)cc3)c3ccccc3c2=O)CC1. The van der Waals surface area contributed by atoms with E-state index in [9.17, 15) is 4.79 Å². The van der Waals surface area contributed by atoms with E-state index in [0.29, 0.717) is 6.42 Å². The van der Waals surface area contributed by atoms with Crippen LogP contribution in [0.25, 0.3) is 10.8 Å². The molecule has 0 spiro atoms. The summed E-state index contributed by atoms with van der Waals surface area (Å²) in [5.74, 6) is 0. The number of hydrogen-bond acceptors (Lipinski definition) is 2. The molecular weight excluding hydrogens is 358 g/mol. The third-order valence-electron chi connectivity index (χ3n) is 5.58. The van der Waals surface area contributed by atoms with E-state index < -0.39 is 0 Å². The zero-order chi connectivity index (χ0) is 18.8. The second-order valence-electron chi connectivity index (χ2n) is 7.59. The lowest BCUT2D eigenvalue weighted by Crippen LogP contribution is -3.08. The van der Waals surface area contributed by atoms with E-state index in [1.54, 1.807) is 4.68 Å². The summed E-state index contributed by atoms with van der Waals surface area (Å²) in [7, 11) is 2.23. The molecule has 0 bridgehead atoms. The van der Waals surface area contributed by atoms with E-state index in [1.165, 1.54) is 4.90 Å². The summed E-state index contributed by atoms with van der Waals surface area (Å²) in [6.07, 6.45) is 3.83.